The number of aliphatic imine (C=N–C) groups is 1. The Kier molecular flexibility index (Phi) is 4.60. The molecule has 0 unspecified atom stereocenters. The molecule has 0 aliphatic carbocycles. The molecule has 1 aromatic rings. The number of sulfone groups is 1. The van der Waals surface area contributed by atoms with Gasteiger partial charge in [0.1, 0.15) is 0 Å². The normalized spacial score (nSPS) is 13.0. The first-order valence-corrected chi connectivity index (χ1v) is 8.31. The number of nitrogens with zero attached hydrogens (tertiary/aromatic N) is 1. The zero-order valence-corrected chi connectivity index (χ0v) is 11.3. The van der Waals surface area contributed by atoms with E-state index in [1.165, 1.54) is 31.3 Å². The second-order valence-corrected chi connectivity index (χ2v) is 7.30. The van der Waals surface area contributed by atoms with Crippen molar-refractivity contribution in [3.63, 3.8) is 0 Å². The molecular formula is C10H13NO5S2. The molecule has 0 bridgehead atoms. The van der Waals surface area contributed by atoms with Crippen LogP contribution in [0.4, 0.5) is 5.69 Å². The smallest absolute Gasteiger partial charge is 0.282 e. The molecule has 0 radical (unpaired) electrons. The van der Waals surface area contributed by atoms with E-state index in [1.807, 2.05) is 0 Å². The monoisotopic (exact) mass is 291 g/mol. The van der Waals surface area contributed by atoms with Crippen molar-refractivity contribution in [2.24, 2.45) is 4.99 Å². The van der Waals surface area contributed by atoms with E-state index >= 15 is 0 Å². The van der Waals surface area contributed by atoms with Crippen molar-refractivity contribution in [2.75, 3.05) is 11.5 Å². The lowest BCUT2D eigenvalue weighted by atomic mass is 10.3. The molecule has 1 rings (SSSR count). The first kappa shape index (κ1) is 14.8. The topological polar surface area (TPSA) is 101 Å². The van der Waals surface area contributed by atoms with Gasteiger partial charge >= 0.3 is 0 Å². The summed E-state index contributed by atoms with van der Waals surface area (Å²) in [5, 5.41) is 0. The molecule has 18 heavy (non-hydrogen) atoms. The summed E-state index contributed by atoms with van der Waals surface area (Å²) in [4.78, 5) is 3.55. The van der Waals surface area contributed by atoms with Crippen LogP contribution in [0.2, 0.25) is 0 Å². The fourth-order valence-corrected chi connectivity index (χ4v) is 2.16. The average Bonchev–Trinajstić information content (AvgIpc) is 2.28. The van der Waals surface area contributed by atoms with Gasteiger partial charge in [0.25, 0.3) is 10.1 Å². The molecule has 0 heterocycles. The lowest BCUT2D eigenvalue weighted by Gasteiger charge is -1.98. The Morgan fingerprint density at radius 3 is 2.50 bits per heavy atom. The maximum Gasteiger partial charge on any atom is 0.294 e. The average molecular weight is 291 g/mol. The van der Waals surface area contributed by atoms with Gasteiger partial charge in [-0.05, 0) is 18.2 Å². The fraction of sp³-hybridized carbons (Fsp3) is 0.300. The second kappa shape index (κ2) is 5.59. The van der Waals surface area contributed by atoms with Gasteiger partial charge in [0.05, 0.1) is 16.3 Å². The predicted octanol–water partition coefficient (Wildman–Crippen LogP) is 1.07. The van der Waals surface area contributed by atoms with Crippen molar-refractivity contribution in [3.8, 4) is 0 Å². The summed E-state index contributed by atoms with van der Waals surface area (Å²) in [5.41, 5.74) is 0.261. The van der Waals surface area contributed by atoms with Gasteiger partial charge in [-0.3, -0.25) is 9.55 Å². The largest absolute Gasteiger partial charge is 0.294 e. The molecule has 1 N–H and O–H groups in total. The molecule has 8 heteroatoms. The Labute approximate surface area is 106 Å². The first-order chi connectivity index (χ1) is 8.24. The molecule has 100 valence electrons. The highest BCUT2D eigenvalue weighted by molar-refractivity contribution is 7.91. The van der Waals surface area contributed by atoms with Crippen LogP contribution in [0, 0.1) is 0 Å². The third kappa shape index (κ3) is 4.55. The summed E-state index contributed by atoms with van der Waals surface area (Å²) in [7, 11) is -7.42. The Balaban J connectivity index is 2.90. The van der Waals surface area contributed by atoms with Gasteiger partial charge in [0.2, 0.25) is 0 Å². The van der Waals surface area contributed by atoms with Gasteiger partial charge in [-0.2, -0.15) is 8.42 Å². The van der Waals surface area contributed by atoms with Gasteiger partial charge in [-0.25, -0.2) is 8.42 Å². The SMILES string of the molecule is CCS(=O)(=O)CC=Nc1cccc(S(=O)(=O)O)c1. The van der Waals surface area contributed by atoms with Crippen molar-refractivity contribution in [2.45, 2.75) is 11.8 Å². The van der Waals surface area contributed by atoms with Gasteiger partial charge in [-0.1, -0.05) is 13.0 Å². The lowest BCUT2D eigenvalue weighted by molar-refractivity contribution is 0.483. The number of hydrogen-bond donors (Lipinski definition) is 1. The molecule has 0 spiro atoms. The molecule has 6 nitrogen and oxygen atoms in total. The van der Waals surface area contributed by atoms with Crippen LogP contribution in [-0.4, -0.2) is 39.1 Å². The highest BCUT2D eigenvalue weighted by atomic mass is 32.2. The van der Waals surface area contributed by atoms with Crippen molar-refractivity contribution < 1.29 is 21.4 Å². The first-order valence-electron chi connectivity index (χ1n) is 5.05. The van der Waals surface area contributed by atoms with Crippen LogP contribution >= 0.6 is 0 Å². The molecule has 0 fully saturated rings. The van der Waals surface area contributed by atoms with Crippen molar-refractivity contribution >= 4 is 31.9 Å². The molecule has 0 aliphatic heterocycles. The highest BCUT2D eigenvalue weighted by Gasteiger charge is 2.09. The Morgan fingerprint density at radius 2 is 1.94 bits per heavy atom. The summed E-state index contributed by atoms with van der Waals surface area (Å²) < 4.78 is 53.0. The van der Waals surface area contributed by atoms with Crippen LogP contribution in [0.15, 0.2) is 34.2 Å². The lowest BCUT2D eigenvalue weighted by Crippen LogP contribution is -2.09. The van der Waals surface area contributed by atoms with E-state index in [2.05, 4.69) is 4.99 Å². The summed E-state index contributed by atoms with van der Waals surface area (Å²) in [6, 6.07) is 5.29. The van der Waals surface area contributed by atoms with Gasteiger partial charge in [0.15, 0.2) is 9.84 Å². The molecule has 0 saturated carbocycles. The van der Waals surface area contributed by atoms with Crippen LogP contribution in [0.5, 0.6) is 0 Å². The quantitative estimate of drug-likeness (QED) is 0.646. The van der Waals surface area contributed by atoms with Crippen LogP contribution < -0.4 is 0 Å². The van der Waals surface area contributed by atoms with Crippen molar-refractivity contribution in [1.82, 2.24) is 0 Å². The molecule has 0 aromatic heterocycles. The molecule has 0 amide bonds. The second-order valence-electron chi connectivity index (χ2n) is 3.48. The third-order valence-corrected chi connectivity index (χ3v) is 4.51. The van der Waals surface area contributed by atoms with Gasteiger partial charge in [-0.15, -0.1) is 0 Å². The molecule has 0 aliphatic rings. The van der Waals surface area contributed by atoms with Crippen molar-refractivity contribution in [1.29, 1.82) is 0 Å². The standard InChI is InChI=1S/C10H13NO5S2/c1-2-17(12,13)7-6-11-9-4-3-5-10(8-9)18(14,15)16/h3-6,8H,2,7H2,1H3,(H,14,15,16). The fourth-order valence-electron chi connectivity index (χ4n) is 1.10. The summed E-state index contributed by atoms with van der Waals surface area (Å²) in [6.07, 6.45) is 1.20. The number of rotatable bonds is 5. The van der Waals surface area contributed by atoms with Gasteiger partial charge in [0, 0.05) is 12.0 Å². The van der Waals surface area contributed by atoms with E-state index in [9.17, 15) is 16.8 Å². The minimum atomic E-state index is -4.28. The van der Waals surface area contributed by atoms with E-state index in [0.717, 1.165) is 6.07 Å². The van der Waals surface area contributed by atoms with E-state index in [-0.39, 0.29) is 22.1 Å². The molecule has 0 atom stereocenters. The van der Waals surface area contributed by atoms with E-state index in [1.54, 1.807) is 0 Å². The van der Waals surface area contributed by atoms with Crippen LogP contribution in [-0.2, 0) is 20.0 Å². The zero-order valence-electron chi connectivity index (χ0n) is 9.64. The Morgan fingerprint density at radius 1 is 1.28 bits per heavy atom. The van der Waals surface area contributed by atoms with E-state index in [0.29, 0.717) is 0 Å². The Bertz CT molecular complexity index is 647. The molecule has 0 saturated heterocycles. The maximum absolute atomic E-state index is 11.2. The minimum absolute atomic E-state index is 0.0179. The zero-order chi connectivity index (χ0) is 13.8. The third-order valence-electron chi connectivity index (χ3n) is 2.12. The van der Waals surface area contributed by atoms with Crippen LogP contribution in [0.1, 0.15) is 6.92 Å². The van der Waals surface area contributed by atoms with Crippen LogP contribution in [0.3, 0.4) is 0 Å². The predicted molar refractivity (Wildman–Crippen MR) is 68.7 cm³/mol. The number of benzene rings is 1. The molecule has 1 aromatic carbocycles. The van der Waals surface area contributed by atoms with Gasteiger partial charge < -0.3 is 0 Å². The van der Waals surface area contributed by atoms with Crippen LogP contribution in [0.25, 0.3) is 0 Å². The summed E-state index contributed by atoms with van der Waals surface area (Å²) in [5.74, 6) is -0.191. The highest BCUT2D eigenvalue weighted by Crippen LogP contribution is 2.17. The molecular weight excluding hydrogens is 278 g/mol. The summed E-state index contributed by atoms with van der Waals surface area (Å²) in [6.45, 7) is 1.53. The number of hydrogen-bond acceptors (Lipinski definition) is 5. The van der Waals surface area contributed by atoms with E-state index < -0.39 is 20.0 Å². The minimum Gasteiger partial charge on any atom is -0.282 e. The maximum atomic E-state index is 11.2. The van der Waals surface area contributed by atoms with Crippen molar-refractivity contribution in [3.05, 3.63) is 24.3 Å². The summed E-state index contributed by atoms with van der Waals surface area (Å²) >= 11 is 0. The Hall–Kier alpha value is -1.25. The van der Waals surface area contributed by atoms with E-state index in [4.69, 9.17) is 4.55 Å².